The van der Waals surface area contributed by atoms with E-state index in [1.54, 1.807) is 0 Å². The summed E-state index contributed by atoms with van der Waals surface area (Å²) in [6, 6.07) is 0. The van der Waals surface area contributed by atoms with E-state index in [4.69, 9.17) is 0 Å². The first-order valence-corrected chi connectivity index (χ1v) is 3.19. The number of hydrogen-bond acceptors (Lipinski definition) is 2. The molecule has 0 atom stereocenters. The zero-order valence-corrected chi connectivity index (χ0v) is 9.22. The number of allylic oxidation sites excluding steroid dienone is 2. The quantitative estimate of drug-likeness (QED) is 0.607. The Hall–Kier alpha value is -0.0500. The molecule has 0 heterocycles. The van der Waals surface area contributed by atoms with Crippen LogP contribution < -0.4 is 12.3 Å². The van der Waals surface area contributed by atoms with E-state index in [2.05, 4.69) is 34.6 Å². The molecule has 0 aliphatic carbocycles. The molecule has 6 N–H and O–H groups in total. The first-order chi connectivity index (χ1) is 3.55. The van der Waals surface area contributed by atoms with E-state index in [-0.39, 0.29) is 24.7 Å². The van der Waals surface area contributed by atoms with Crippen molar-refractivity contribution < 1.29 is 0 Å². The first kappa shape index (κ1) is 22.4. The van der Waals surface area contributed by atoms with Gasteiger partial charge in [-0.1, -0.05) is 25.0 Å². The van der Waals surface area contributed by atoms with E-state index >= 15 is 0 Å². The van der Waals surface area contributed by atoms with Crippen molar-refractivity contribution in [2.45, 2.75) is 34.6 Å². The van der Waals surface area contributed by atoms with Crippen LogP contribution in [0.3, 0.4) is 0 Å². The van der Waals surface area contributed by atoms with Gasteiger partial charge < -0.3 is 12.3 Å². The number of hydrogen-bond donors (Lipinski definition) is 2. The largest absolute Gasteiger partial charge is 0.344 e. The van der Waals surface area contributed by atoms with Gasteiger partial charge in [0.2, 0.25) is 0 Å². The number of halogens is 1. The Morgan fingerprint density at radius 3 is 1.18 bits per heavy atom. The Bertz CT molecular complexity index is 105. The molecule has 72 valence electrons. The predicted molar refractivity (Wildman–Crippen MR) is 56.2 cm³/mol. The summed E-state index contributed by atoms with van der Waals surface area (Å²) in [6.45, 7) is 11.0. The highest BCUT2D eigenvalue weighted by molar-refractivity contribution is 5.85. The highest BCUT2D eigenvalue weighted by Crippen LogP contribution is 2.11. The Labute approximate surface area is 77.0 Å². The lowest BCUT2D eigenvalue weighted by Crippen LogP contribution is -1.89. The third kappa shape index (κ3) is 9.95. The second-order valence-electron chi connectivity index (χ2n) is 2.84. The summed E-state index contributed by atoms with van der Waals surface area (Å²) in [7, 11) is 0. The number of rotatable bonds is 1. The summed E-state index contributed by atoms with van der Waals surface area (Å²) in [5.74, 6) is 0.722. The fourth-order valence-corrected chi connectivity index (χ4v) is 0.577. The predicted octanol–water partition coefficient (Wildman–Crippen LogP) is 3.74. The smallest absolute Gasteiger partial charge is 0.0260 e. The fraction of sp³-hybridized carbons (Fsp3) is 0.750. The SMILES string of the molecule is CC(C)=C(C)C(C)C.Cl.N.N. The Morgan fingerprint density at radius 1 is 0.909 bits per heavy atom. The molecule has 0 aliphatic rings. The molecule has 0 aliphatic heterocycles. The van der Waals surface area contributed by atoms with Gasteiger partial charge in [0.05, 0.1) is 0 Å². The Morgan fingerprint density at radius 2 is 1.18 bits per heavy atom. The van der Waals surface area contributed by atoms with Gasteiger partial charge in [-0.25, -0.2) is 0 Å². The Balaban J connectivity index is -0.0000000817. The van der Waals surface area contributed by atoms with E-state index in [1.165, 1.54) is 11.1 Å². The van der Waals surface area contributed by atoms with Crippen LogP contribution in [0.25, 0.3) is 0 Å². The lowest BCUT2D eigenvalue weighted by molar-refractivity contribution is 0.756. The summed E-state index contributed by atoms with van der Waals surface area (Å²) in [4.78, 5) is 0. The molecule has 11 heavy (non-hydrogen) atoms. The van der Waals surface area contributed by atoms with Gasteiger partial charge in [-0.05, 0) is 26.7 Å². The van der Waals surface area contributed by atoms with Crippen molar-refractivity contribution in [1.29, 1.82) is 0 Å². The van der Waals surface area contributed by atoms with Crippen molar-refractivity contribution in [3.8, 4) is 0 Å². The maximum absolute atomic E-state index is 2.22. The summed E-state index contributed by atoms with van der Waals surface area (Å²) in [5, 5.41) is 0. The molecule has 0 aromatic heterocycles. The molecule has 0 spiro atoms. The van der Waals surface area contributed by atoms with Crippen LogP contribution in [-0.2, 0) is 0 Å². The molecule has 3 heteroatoms. The minimum atomic E-state index is 0. The zero-order chi connectivity index (χ0) is 6.73. The van der Waals surface area contributed by atoms with E-state index in [9.17, 15) is 0 Å². The van der Waals surface area contributed by atoms with E-state index in [0.29, 0.717) is 0 Å². The average molecular weight is 183 g/mol. The highest BCUT2D eigenvalue weighted by Gasteiger charge is 1.95. The van der Waals surface area contributed by atoms with Gasteiger partial charge in [-0.2, -0.15) is 0 Å². The van der Waals surface area contributed by atoms with Gasteiger partial charge in [0.1, 0.15) is 0 Å². The highest BCUT2D eigenvalue weighted by atomic mass is 35.5. The fourth-order valence-electron chi connectivity index (χ4n) is 0.577. The van der Waals surface area contributed by atoms with E-state index in [1.807, 2.05) is 0 Å². The normalized spacial score (nSPS) is 7.09. The molecule has 0 saturated carbocycles. The molecule has 0 fully saturated rings. The minimum Gasteiger partial charge on any atom is -0.344 e. The maximum atomic E-state index is 2.22. The molecule has 0 radical (unpaired) electrons. The van der Waals surface area contributed by atoms with E-state index in [0.717, 1.165) is 5.92 Å². The second kappa shape index (κ2) is 9.95. The molecule has 0 aromatic rings. The van der Waals surface area contributed by atoms with Crippen LogP contribution >= 0.6 is 12.4 Å². The van der Waals surface area contributed by atoms with E-state index < -0.39 is 0 Å². The Kier molecular flexibility index (Phi) is 20.3. The lowest BCUT2D eigenvalue weighted by atomic mass is 10.0. The standard InChI is InChI=1S/C8H16.ClH.2H3N/c1-6(2)8(5)7(3)4;;;/h6H,1-5H3;1H;2*1H3. The van der Waals surface area contributed by atoms with Gasteiger partial charge in [0.25, 0.3) is 0 Å². The van der Waals surface area contributed by atoms with Crippen LogP contribution in [0.15, 0.2) is 11.1 Å². The molecule has 0 aromatic carbocycles. The molecular formula is C8H23ClN2. The van der Waals surface area contributed by atoms with Crippen LogP contribution in [0.1, 0.15) is 34.6 Å². The zero-order valence-electron chi connectivity index (χ0n) is 8.40. The van der Waals surface area contributed by atoms with Gasteiger partial charge in [0.15, 0.2) is 0 Å². The van der Waals surface area contributed by atoms with Gasteiger partial charge >= 0.3 is 0 Å². The second-order valence-corrected chi connectivity index (χ2v) is 2.84. The van der Waals surface area contributed by atoms with Gasteiger partial charge in [-0.3, -0.25) is 0 Å². The summed E-state index contributed by atoms with van der Waals surface area (Å²) >= 11 is 0. The maximum Gasteiger partial charge on any atom is -0.0260 e. The molecule has 0 amide bonds. The third-order valence-electron chi connectivity index (χ3n) is 1.65. The van der Waals surface area contributed by atoms with Crippen molar-refractivity contribution in [3.05, 3.63) is 11.1 Å². The molecule has 2 nitrogen and oxygen atoms in total. The van der Waals surface area contributed by atoms with Crippen LogP contribution in [-0.4, -0.2) is 0 Å². The van der Waals surface area contributed by atoms with Gasteiger partial charge in [0, 0.05) is 0 Å². The third-order valence-corrected chi connectivity index (χ3v) is 1.65. The lowest BCUT2D eigenvalue weighted by Gasteiger charge is -2.05. The minimum absolute atomic E-state index is 0. The average Bonchev–Trinajstić information content (AvgIpc) is 1.64. The first-order valence-electron chi connectivity index (χ1n) is 3.19. The summed E-state index contributed by atoms with van der Waals surface area (Å²) < 4.78 is 0. The van der Waals surface area contributed by atoms with Gasteiger partial charge in [-0.15, -0.1) is 12.4 Å². The van der Waals surface area contributed by atoms with Crippen molar-refractivity contribution >= 4 is 12.4 Å². The van der Waals surface area contributed by atoms with Crippen molar-refractivity contribution in [2.75, 3.05) is 0 Å². The molecule has 0 bridgehead atoms. The summed E-state index contributed by atoms with van der Waals surface area (Å²) in [6.07, 6.45) is 0. The molecule has 0 rings (SSSR count). The topological polar surface area (TPSA) is 70.0 Å². The van der Waals surface area contributed by atoms with Crippen molar-refractivity contribution in [3.63, 3.8) is 0 Å². The monoisotopic (exact) mass is 182 g/mol. The van der Waals surface area contributed by atoms with Crippen LogP contribution in [0.4, 0.5) is 0 Å². The molecule has 0 saturated heterocycles. The summed E-state index contributed by atoms with van der Waals surface area (Å²) in [5.41, 5.74) is 2.98. The molecule has 0 unspecified atom stereocenters. The van der Waals surface area contributed by atoms with Crippen LogP contribution in [0.5, 0.6) is 0 Å². The van der Waals surface area contributed by atoms with Crippen LogP contribution in [0, 0.1) is 5.92 Å². The van der Waals surface area contributed by atoms with Crippen molar-refractivity contribution in [1.82, 2.24) is 12.3 Å². The van der Waals surface area contributed by atoms with Crippen molar-refractivity contribution in [2.24, 2.45) is 5.92 Å². The van der Waals surface area contributed by atoms with Crippen LogP contribution in [0.2, 0.25) is 0 Å². The molecular weight excluding hydrogens is 160 g/mol.